The molecule has 0 atom stereocenters. The molecule has 0 saturated carbocycles. The van der Waals surface area contributed by atoms with Crippen LogP contribution in [0.3, 0.4) is 0 Å². The molecule has 18 heavy (non-hydrogen) atoms. The average molecular weight is 377 g/mol. The van der Waals surface area contributed by atoms with E-state index in [0.717, 1.165) is 0 Å². The molecule has 0 spiro atoms. The molecule has 0 heterocycles. The highest BCUT2D eigenvalue weighted by molar-refractivity contribution is 6.76. The first kappa shape index (κ1) is 18.4. The monoisotopic (exact) mass is 374 g/mol. The Bertz CT molecular complexity index is 301. The Hall–Kier alpha value is 0.420. The number of hydrogen-bond donors (Lipinski definition) is 2. The maximum absolute atomic E-state index is 7.20. The second-order valence-electron chi connectivity index (χ2n) is 2.75. The molecule has 0 rings (SSSR count). The van der Waals surface area contributed by atoms with Gasteiger partial charge >= 0.3 is 0 Å². The summed E-state index contributed by atoms with van der Waals surface area (Å²) in [6, 6.07) is 0. The van der Waals surface area contributed by atoms with Gasteiger partial charge in [-0.15, -0.1) is 0 Å². The predicted molar refractivity (Wildman–Crippen MR) is 77.1 cm³/mol. The molecule has 0 saturated heterocycles. The van der Waals surface area contributed by atoms with Crippen LogP contribution in [0.25, 0.3) is 0 Å². The quantitative estimate of drug-likeness (QED) is 0.333. The van der Waals surface area contributed by atoms with Crippen molar-refractivity contribution < 1.29 is 9.47 Å². The third-order valence-corrected chi connectivity index (χ3v) is 2.36. The lowest BCUT2D eigenvalue weighted by Gasteiger charge is -2.12. The van der Waals surface area contributed by atoms with Crippen LogP contribution in [0.1, 0.15) is 0 Å². The molecule has 4 nitrogen and oxygen atoms in total. The summed E-state index contributed by atoms with van der Waals surface area (Å²) in [4.78, 5) is 0. The molecule has 0 aliphatic heterocycles. The molecular formula is C8H8Cl6N2O2. The van der Waals surface area contributed by atoms with Gasteiger partial charge in [0, 0.05) is 0 Å². The van der Waals surface area contributed by atoms with E-state index in [1.807, 2.05) is 0 Å². The normalized spacial score (nSPS) is 12.6. The molecule has 0 aliphatic carbocycles. The van der Waals surface area contributed by atoms with E-state index < -0.39 is 19.4 Å². The maximum atomic E-state index is 7.20. The van der Waals surface area contributed by atoms with Crippen molar-refractivity contribution in [3.63, 3.8) is 0 Å². The van der Waals surface area contributed by atoms with Crippen LogP contribution < -0.4 is 0 Å². The van der Waals surface area contributed by atoms with Crippen molar-refractivity contribution in [1.29, 1.82) is 10.8 Å². The highest BCUT2D eigenvalue weighted by Crippen LogP contribution is 2.28. The first-order chi connectivity index (χ1) is 8.05. The van der Waals surface area contributed by atoms with Crippen LogP contribution in [-0.2, 0) is 9.47 Å². The minimum absolute atomic E-state index is 0.0111. The maximum Gasteiger partial charge on any atom is 0.265 e. The standard InChI is InChI=1S/C8H8Cl6N2O2/c9-7(10,11)5(15)17-3-1-2-4-18-6(16)8(12,13)14/h1-2,15-16H,3-4H2/b2-1+,15-5?,16-6?. The molecule has 10 heteroatoms. The van der Waals surface area contributed by atoms with E-state index >= 15 is 0 Å². The number of hydrogen-bond acceptors (Lipinski definition) is 4. The molecule has 0 unspecified atom stereocenters. The molecule has 0 bridgehead atoms. The van der Waals surface area contributed by atoms with Gasteiger partial charge in [0.2, 0.25) is 11.8 Å². The summed E-state index contributed by atoms with van der Waals surface area (Å²) < 4.78 is 5.81. The first-order valence-electron chi connectivity index (χ1n) is 4.27. The van der Waals surface area contributed by atoms with Gasteiger partial charge in [0.1, 0.15) is 13.2 Å². The summed E-state index contributed by atoms with van der Waals surface area (Å²) in [6.07, 6.45) is 2.99. The van der Waals surface area contributed by atoms with E-state index in [1.165, 1.54) is 12.2 Å². The zero-order valence-corrected chi connectivity index (χ0v) is 13.2. The Kier molecular flexibility index (Phi) is 8.06. The van der Waals surface area contributed by atoms with Gasteiger partial charge < -0.3 is 9.47 Å². The van der Waals surface area contributed by atoms with Crippen molar-refractivity contribution in [3.8, 4) is 0 Å². The molecule has 0 amide bonds. The number of ether oxygens (including phenoxy) is 2. The molecule has 0 radical (unpaired) electrons. The average Bonchev–Trinajstić information content (AvgIpc) is 2.19. The lowest BCUT2D eigenvalue weighted by atomic mass is 10.5. The summed E-state index contributed by atoms with van der Waals surface area (Å²) in [6.45, 7) is 0.0222. The van der Waals surface area contributed by atoms with Gasteiger partial charge in [-0.05, 0) is 12.2 Å². The second-order valence-corrected chi connectivity index (χ2v) is 7.31. The fourth-order valence-corrected chi connectivity index (χ4v) is 0.890. The number of halogens is 6. The third kappa shape index (κ3) is 8.51. The van der Waals surface area contributed by atoms with Gasteiger partial charge in [-0.25, -0.2) is 0 Å². The largest absolute Gasteiger partial charge is 0.474 e. The van der Waals surface area contributed by atoms with Gasteiger partial charge in [0.05, 0.1) is 0 Å². The Morgan fingerprint density at radius 3 is 1.28 bits per heavy atom. The number of rotatable bonds is 4. The van der Waals surface area contributed by atoms with Crippen molar-refractivity contribution in [2.75, 3.05) is 13.2 Å². The summed E-state index contributed by atoms with van der Waals surface area (Å²) in [5.74, 6) is -0.987. The molecule has 2 N–H and O–H groups in total. The van der Waals surface area contributed by atoms with E-state index in [2.05, 4.69) is 0 Å². The summed E-state index contributed by atoms with van der Waals surface area (Å²) in [5, 5.41) is 14.4. The molecular weight excluding hydrogens is 369 g/mol. The topological polar surface area (TPSA) is 66.2 Å². The zero-order chi connectivity index (χ0) is 14.4. The lowest BCUT2D eigenvalue weighted by molar-refractivity contribution is 0.327. The predicted octanol–water partition coefficient (Wildman–Crippen LogP) is 4.27. The van der Waals surface area contributed by atoms with Crippen molar-refractivity contribution in [2.24, 2.45) is 0 Å². The van der Waals surface area contributed by atoms with Crippen LogP contribution in [0.15, 0.2) is 12.2 Å². The Labute approximate surface area is 134 Å². The van der Waals surface area contributed by atoms with Gasteiger partial charge in [-0.2, -0.15) is 0 Å². The smallest absolute Gasteiger partial charge is 0.265 e. The van der Waals surface area contributed by atoms with Crippen molar-refractivity contribution in [2.45, 2.75) is 7.59 Å². The molecule has 0 aromatic heterocycles. The fourth-order valence-electron chi connectivity index (χ4n) is 0.563. The Morgan fingerprint density at radius 1 is 0.778 bits per heavy atom. The molecule has 104 valence electrons. The van der Waals surface area contributed by atoms with Crippen LogP contribution >= 0.6 is 69.6 Å². The van der Waals surface area contributed by atoms with Gasteiger partial charge in [0.25, 0.3) is 7.59 Å². The third-order valence-electron chi connectivity index (χ3n) is 1.33. The highest BCUT2D eigenvalue weighted by atomic mass is 35.6. The highest BCUT2D eigenvalue weighted by Gasteiger charge is 2.28. The molecule has 0 aromatic carbocycles. The fraction of sp³-hybridized carbons (Fsp3) is 0.500. The van der Waals surface area contributed by atoms with Crippen LogP contribution in [-0.4, -0.2) is 32.6 Å². The first-order valence-corrected chi connectivity index (χ1v) is 6.54. The van der Waals surface area contributed by atoms with Crippen molar-refractivity contribution in [1.82, 2.24) is 0 Å². The van der Waals surface area contributed by atoms with E-state index in [1.54, 1.807) is 0 Å². The SMILES string of the molecule is N=C(OC/C=C/COC(=N)C(Cl)(Cl)Cl)C(Cl)(Cl)Cl. The Morgan fingerprint density at radius 2 is 1.06 bits per heavy atom. The summed E-state index contributed by atoms with van der Waals surface area (Å²) in [7, 11) is 0. The summed E-state index contributed by atoms with van der Waals surface area (Å²) in [5.41, 5.74) is 0. The van der Waals surface area contributed by atoms with Crippen LogP contribution in [0.5, 0.6) is 0 Å². The molecule has 0 fully saturated rings. The van der Waals surface area contributed by atoms with Gasteiger partial charge in [0.15, 0.2) is 0 Å². The lowest BCUT2D eigenvalue weighted by Crippen LogP contribution is -2.21. The van der Waals surface area contributed by atoms with E-state index in [0.29, 0.717) is 0 Å². The minimum atomic E-state index is -1.89. The van der Waals surface area contributed by atoms with Crippen LogP contribution in [0.2, 0.25) is 0 Å². The van der Waals surface area contributed by atoms with E-state index in [-0.39, 0.29) is 13.2 Å². The van der Waals surface area contributed by atoms with Gasteiger partial charge in [-0.3, -0.25) is 10.8 Å². The minimum Gasteiger partial charge on any atom is -0.474 e. The number of alkyl halides is 6. The van der Waals surface area contributed by atoms with E-state index in [9.17, 15) is 0 Å². The van der Waals surface area contributed by atoms with Gasteiger partial charge in [-0.1, -0.05) is 69.6 Å². The van der Waals surface area contributed by atoms with Crippen LogP contribution in [0, 0.1) is 10.8 Å². The molecule has 0 aliphatic rings. The van der Waals surface area contributed by atoms with Crippen LogP contribution in [0.4, 0.5) is 0 Å². The molecule has 0 aromatic rings. The Balaban J connectivity index is 3.81. The second kappa shape index (κ2) is 7.88. The van der Waals surface area contributed by atoms with E-state index in [4.69, 9.17) is 89.9 Å². The zero-order valence-electron chi connectivity index (χ0n) is 8.65. The summed E-state index contributed by atoms with van der Waals surface area (Å²) >= 11 is 32.3. The number of nitrogens with one attached hydrogen (secondary N) is 2. The van der Waals surface area contributed by atoms with Crippen molar-refractivity contribution >= 4 is 81.4 Å². The van der Waals surface area contributed by atoms with Crippen molar-refractivity contribution in [3.05, 3.63) is 12.2 Å².